The van der Waals surface area contributed by atoms with Crippen LogP contribution in [-0.4, -0.2) is 22.9 Å². The van der Waals surface area contributed by atoms with Gasteiger partial charge in [0.05, 0.1) is 11.4 Å². The number of Topliss-reactive ketones (excluding diaryl/α,β-unsaturated/α-hetero) is 1. The monoisotopic (exact) mass is 216 g/mol. The summed E-state index contributed by atoms with van der Waals surface area (Å²) in [5.74, 6) is 0.435. The zero-order valence-corrected chi connectivity index (χ0v) is 9.52. The molecule has 2 saturated heterocycles. The summed E-state index contributed by atoms with van der Waals surface area (Å²) in [7, 11) is 0. The van der Waals surface area contributed by atoms with Crippen LogP contribution in [0.2, 0.25) is 0 Å². The molecule has 2 fully saturated rings. The zero-order chi connectivity index (χ0) is 11.1. The van der Waals surface area contributed by atoms with Crippen LogP contribution < -0.4 is 4.90 Å². The van der Waals surface area contributed by atoms with Crippen molar-refractivity contribution in [2.24, 2.45) is 0 Å². The van der Waals surface area contributed by atoms with Gasteiger partial charge in [-0.1, -0.05) is 0 Å². The first-order chi connectivity index (χ1) is 7.75. The van der Waals surface area contributed by atoms with E-state index >= 15 is 0 Å². The molecule has 2 aliphatic rings. The molecule has 0 amide bonds. The Morgan fingerprint density at radius 2 is 2.00 bits per heavy atom. The lowest BCUT2D eigenvalue weighted by atomic mass is 10.0. The molecular weight excluding hydrogens is 200 g/mol. The van der Waals surface area contributed by atoms with Crippen LogP contribution in [0.15, 0.2) is 18.3 Å². The fraction of sp³-hybridized carbons (Fsp3) is 0.538. The number of nitrogens with zero attached hydrogens (tertiary/aromatic N) is 2. The molecule has 2 atom stereocenters. The fourth-order valence-corrected chi connectivity index (χ4v) is 3.11. The summed E-state index contributed by atoms with van der Waals surface area (Å²) < 4.78 is 0. The summed E-state index contributed by atoms with van der Waals surface area (Å²) in [6.45, 7) is 2.05. The van der Waals surface area contributed by atoms with E-state index in [-0.39, 0.29) is 0 Å². The highest BCUT2D eigenvalue weighted by Crippen LogP contribution is 2.38. The van der Waals surface area contributed by atoms with Gasteiger partial charge >= 0.3 is 0 Å². The lowest BCUT2D eigenvalue weighted by molar-refractivity contribution is -0.120. The van der Waals surface area contributed by atoms with Crippen LogP contribution in [0.4, 0.5) is 5.69 Å². The Bertz CT molecular complexity index is 414. The van der Waals surface area contributed by atoms with Crippen LogP contribution in [0.1, 0.15) is 31.4 Å². The van der Waals surface area contributed by atoms with E-state index < -0.39 is 0 Å². The molecule has 3 rings (SSSR count). The summed E-state index contributed by atoms with van der Waals surface area (Å²) in [4.78, 5) is 18.3. The molecule has 2 aliphatic heterocycles. The zero-order valence-electron chi connectivity index (χ0n) is 9.52. The number of hydrogen-bond donors (Lipinski definition) is 0. The van der Waals surface area contributed by atoms with Gasteiger partial charge in [0.2, 0.25) is 0 Å². The highest BCUT2D eigenvalue weighted by atomic mass is 16.1. The normalized spacial score (nSPS) is 28.6. The molecule has 84 valence electrons. The van der Waals surface area contributed by atoms with Crippen molar-refractivity contribution in [3.63, 3.8) is 0 Å². The third-order valence-electron chi connectivity index (χ3n) is 3.80. The highest BCUT2D eigenvalue weighted by molar-refractivity contribution is 5.83. The SMILES string of the molecule is Cc1ncccc1N1C2CCC1CC(=O)C2. The molecule has 16 heavy (non-hydrogen) atoms. The minimum atomic E-state index is 0.425. The molecule has 3 nitrogen and oxygen atoms in total. The number of piperidine rings is 1. The Hall–Kier alpha value is -1.38. The molecule has 1 aromatic rings. The van der Waals surface area contributed by atoms with Gasteiger partial charge in [-0.15, -0.1) is 0 Å². The topological polar surface area (TPSA) is 33.2 Å². The van der Waals surface area contributed by atoms with E-state index in [9.17, 15) is 4.79 Å². The number of carbonyl (C=O) groups is 1. The molecule has 3 heterocycles. The Kier molecular flexibility index (Phi) is 2.20. The van der Waals surface area contributed by atoms with Gasteiger partial charge in [-0.2, -0.15) is 0 Å². The summed E-state index contributed by atoms with van der Waals surface area (Å²) in [5.41, 5.74) is 2.30. The first-order valence-electron chi connectivity index (χ1n) is 5.97. The number of pyridine rings is 1. The van der Waals surface area contributed by atoms with Gasteiger partial charge in [0.1, 0.15) is 5.78 Å². The van der Waals surface area contributed by atoms with E-state index in [1.54, 1.807) is 0 Å². The van der Waals surface area contributed by atoms with E-state index in [4.69, 9.17) is 0 Å². The summed E-state index contributed by atoms with van der Waals surface area (Å²) in [5, 5.41) is 0. The number of carbonyl (C=O) groups excluding carboxylic acids is 1. The molecule has 0 aromatic carbocycles. The summed E-state index contributed by atoms with van der Waals surface area (Å²) in [6, 6.07) is 4.96. The molecule has 0 saturated carbocycles. The van der Waals surface area contributed by atoms with Gasteiger partial charge < -0.3 is 4.90 Å². The van der Waals surface area contributed by atoms with Crippen molar-refractivity contribution < 1.29 is 4.79 Å². The lowest BCUT2D eigenvalue weighted by Crippen LogP contribution is -2.43. The van der Waals surface area contributed by atoms with Crippen molar-refractivity contribution in [1.82, 2.24) is 4.98 Å². The van der Waals surface area contributed by atoms with Gasteiger partial charge in [0.25, 0.3) is 0 Å². The molecule has 0 aliphatic carbocycles. The second kappa shape index (κ2) is 3.58. The predicted octanol–water partition coefficient (Wildman–Crippen LogP) is 2.09. The van der Waals surface area contributed by atoms with Crippen LogP contribution in [0.25, 0.3) is 0 Å². The van der Waals surface area contributed by atoms with Crippen LogP contribution in [0.5, 0.6) is 0 Å². The summed E-state index contributed by atoms with van der Waals surface area (Å²) in [6.07, 6.45) is 5.60. The fourth-order valence-electron chi connectivity index (χ4n) is 3.11. The maximum Gasteiger partial charge on any atom is 0.137 e. The smallest absolute Gasteiger partial charge is 0.137 e. The Morgan fingerprint density at radius 3 is 2.62 bits per heavy atom. The van der Waals surface area contributed by atoms with Crippen LogP contribution >= 0.6 is 0 Å². The van der Waals surface area contributed by atoms with Crippen molar-refractivity contribution >= 4 is 11.5 Å². The van der Waals surface area contributed by atoms with E-state index in [0.29, 0.717) is 17.9 Å². The van der Waals surface area contributed by atoms with Crippen LogP contribution in [-0.2, 0) is 4.79 Å². The van der Waals surface area contributed by atoms with Crippen molar-refractivity contribution in [1.29, 1.82) is 0 Å². The van der Waals surface area contributed by atoms with Crippen LogP contribution in [0.3, 0.4) is 0 Å². The Balaban J connectivity index is 1.97. The third kappa shape index (κ3) is 1.42. The van der Waals surface area contributed by atoms with E-state index in [0.717, 1.165) is 31.4 Å². The standard InChI is InChI=1S/C13H16N2O/c1-9-13(3-2-6-14-9)15-10-4-5-11(15)8-12(16)7-10/h2-3,6,10-11H,4-5,7-8H2,1H3. The Labute approximate surface area is 95.5 Å². The average Bonchev–Trinajstić information content (AvgIpc) is 2.53. The Morgan fingerprint density at radius 1 is 1.31 bits per heavy atom. The van der Waals surface area contributed by atoms with Gasteiger partial charge in [-0.05, 0) is 31.9 Å². The molecule has 1 aromatic heterocycles. The molecule has 2 unspecified atom stereocenters. The van der Waals surface area contributed by atoms with Gasteiger partial charge in [0.15, 0.2) is 0 Å². The lowest BCUT2D eigenvalue weighted by Gasteiger charge is -2.36. The quantitative estimate of drug-likeness (QED) is 0.720. The van der Waals surface area contributed by atoms with Gasteiger partial charge in [-0.25, -0.2) is 0 Å². The third-order valence-corrected chi connectivity index (χ3v) is 3.80. The number of aryl methyl sites for hydroxylation is 1. The predicted molar refractivity (Wildman–Crippen MR) is 62.5 cm³/mol. The first kappa shape index (κ1) is 9.82. The summed E-state index contributed by atoms with van der Waals surface area (Å²) >= 11 is 0. The number of aromatic nitrogens is 1. The van der Waals surface area contributed by atoms with Crippen molar-refractivity contribution in [2.45, 2.75) is 44.7 Å². The van der Waals surface area contributed by atoms with Crippen LogP contribution in [0, 0.1) is 6.92 Å². The number of fused-ring (bicyclic) bond motifs is 2. The van der Waals surface area contributed by atoms with Gasteiger partial charge in [0, 0.05) is 31.1 Å². The van der Waals surface area contributed by atoms with E-state index in [1.165, 1.54) is 5.69 Å². The molecule has 0 radical (unpaired) electrons. The molecule has 3 heteroatoms. The van der Waals surface area contributed by atoms with E-state index in [1.807, 2.05) is 19.2 Å². The second-order valence-corrected chi connectivity index (χ2v) is 4.85. The van der Waals surface area contributed by atoms with Crippen molar-refractivity contribution in [3.8, 4) is 0 Å². The van der Waals surface area contributed by atoms with Crippen molar-refractivity contribution in [2.75, 3.05) is 4.90 Å². The largest absolute Gasteiger partial charge is 0.363 e. The number of hydrogen-bond acceptors (Lipinski definition) is 3. The van der Waals surface area contributed by atoms with E-state index in [2.05, 4.69) is 16.0 Å². The minimum Gasteiger partial charge on any atom is -0.363 e. The maximum atomic E-state index is 11.5. The highest BCUT2D eigenvalue weighted by Gasteiger charge is 2.40. The minimum absolute atomic E-state index is 0.425. The molecular formula is C13H16N2O. The maximum absolute atomic E-state index is 11.5. The van der Waals surface area contributed by atoms with Crippen molar-refractivity contribution in [3.05, 3.63) is 24.0 Å². The number of ketones is 1. The first-order valence-corrected chi connectivity index (χ1v) is 5.97. The molecule has 2 bridgehead atoms. The number of anilines is 1. The molecule has 0 spiro atoms. The molecule has 0 N–H and O–H groups in total. The number of rotatable bonds is 1. The second-order valence-electron chi connectivity index (χ2n) is 4.85. The average molecular weight is 216 g/mol. The van der Waals surface area contributed by atoms with Gasteiger partial charge in [-0.3, -0.25) is 9.78 Å².